The van der Waals surface area contributed by atoms with E-state index in [0.29, 0.717) is 5.76 Å². The predicted octanol–water partition coefficient (Wildman–Crippen LogP) is 2.02. The van der Waals surface area contributed by atoms with Crippen LogP contribution in [-0.2, 0) is 0 Å². The molecule has 18 heavy (non-hydrogen) atoms. The number of rotatable bonds is 3. The zero-order valence-electron chi connectivity index (χ0n) is 10.6. The first-order valence-corrected chi connectivity index (χ1v) is 5.55. The maximum Gasteiger partial charge on any atom is 0.293 e. The van der Waals surface area contributed by atoms with Gasteiger partial charge in [0.2, 0.25) is 0 Å². The van der Waals surface area contributed by atoms with E-state index in [1.807, 2.05) is 25.1 Å². The minimum absolute atomic E-state index is 0.198. The third-order valence-corrected chi connectivity index (χ3v) is 2.59. The van der Waals surface area contributed by atoms with Crippen LogP contribution in [0.1, 0.15) is 10.6 Å². The van der Waals surface area contributed by atoms with E-state index in [4.69, 9.17) is 4.42 Å². The lowest BCUT2D eigenvalue weighted by Crippen LogP contribution is -2.28. The monoisotopic (exact) mass is 245 g/mol. The topological polar surface area (TPSA) is 49.6 Å². The van der Waals surface area contributed by atoms with E-state index in [2.05, 4.69) is 4.98 Å². The van der Waals surface area contributed by atoms with Crippen LogP contribution in [0.2, 0.25) is 0 Å². The van der Waals surface area contributed by atoms with Crippen LogP contribution in [-0.4, -0.2) is 32.0 Å². The Hall–Kier alpha value is -2.30. The van der Waals surface area contributed by atoms with Crippen LogP contribution in [0.3, 0.4) is 0 Å². The second-order valence-electron chi connectivity index (χ2n) is 4.08. The van der Waals surface area contributed by atoms with Gasteiger partial charge in [0.15, 0.2) is 11.6 Å². The van der Waals surface area contributed by atoms with E-state index in [1.54, 1.807) is 31.4 Å². The molecule has 0 saturated heterocycles. The van der Waals surface area contributed by atoms with Gasteiger partial charge in [0.25, 0.3) is 5.91 Å². The van der Waals surface area contributed by atoms with Crippen molar-refractivity contribution in [3.8, 4) is 0 Å². The minimum Gasteiger partial charge on any atom is -0.459 e. The van der Waals surface area contributed by atoms with Gasteiger partial charge in [-0.3, -0.25) is 4.79 Å². The smallest absolute Gasteiger partial charge is 0.293 e. The third kappa shape index (κ3) is 2.20. The highest BCUT2D eigenvalue weighted by atomic mass is 16.3. The predicted molar refractivity (Wildman–Crippen MR) is 70.0 cm³/mol. The fourth-order valence-corrected chi connectivity index (χ4v) is 1.67. The lowest BCUT2D eigenvalue weighted by atomic mass is 10.3. The number of furan rings is 1. The summed E-state index contributed by atoms with van der Waals surface area (Å²) in [6.07, 6.45) is 3.18. The van der Waals surface area contributed by atoms with Gasteiger partial charge < -0.3 is 14.2 Å². The van der Waals surface area contributed by atoms with Gasteiger partial charge in [-0.1, -0.05) is 0 Å². The first-order chi connectivity index (χ1) is 8.61. The Morgan fingerprint density at radius 3 is 2.61 bits per heavy atom. The van der Waals surface area contributed by atoms with Gasteiger partial charge in [-0.25, -0.2) is 4.98 Å². The zero-order valence-corrected chi connectivity index (χ0v) is 10.6. The van der Waals surface area contributed by atoms with Crippen molar-refractivity contribution in [2.45, 2.75) is 0 Å². The van der Waals surface area contributed by atoms with E-state index in [0.717, 1.165) is 11.5 Å². The molecule has 0 atom stereocenters. The van der Waals surface area contributed by atoms with Crippen molar-refractivity contribution < 1.29 is 9.21 Å². The Morgan fingerprint density at radius 2 is 2.00 bits per heavy atom. The van der Waals surface area contributed by atoms with Crippen molar-refractivity contribution in [2.24, 2.45) is 0 Å². The molecule has 0 aliphatic heterocycles. The van der Waals surface area contributed by atoms with Gasteiger partial charge in [-0.05, 0) is 24.3 Å². The van der Waals surface area contributed by atoms with Crippen molar-refractivity contribution in [3.05, 3.63) is 42.5 Å². The molecular weight excluding hydrogens is 230 g/mol. The molecule has 0 radical (unpaired) electrons. The quantitative estimate of drug-likeness (QED) is 0.830. The molecule has 0 aliphatic carbocycles. The molecule has 5 heteroatoms. The molecule has 0 fully saturated rings. The highest BCUT2D eigenvalue weighted by Gasteiger charge is 2.19. The summed E-state index contributed by atoms with van der Waals surface area (Å²) in [5.74, 6) is 0.849. The number of anilines is 2. The van der Waals surface area contributed by atoms with E-state index in [-0.39, 0.29) is 5.91 Å². The summed E-state index contributed by atoms with van der Waals surface area (Å²) in [6.45, 7) is 0. The van der Waals surface area contributed by atoms with Crippen molar-refractivity contribution >= 4 is 17.4 Å². The molecule has 0 N–H and O–H groups in total. The number of amides is 1. The number of hydrogen-bond acceptors (Lipinski definition) is 4. The lowest BCUT2D eigenvalue weighted by molar-refractivity contribution is 0.0966. The number of carbonyl (C=O) groups excluding carboxylic acids is 1. The summed E-state index contributed by atoms with van der Waals surface area (Å²) in [7, 11) is 5.48. The Kier molecular flexibility index (Phi) is 3.32. The van der Waals surface area contributed by atoms with E-state index in [9.17, 15) is 4.79 Å². The molecular formula is C13H15N3O2. The highest BCUT2D eigenvalue weighted by molar-refractivity contribution is 6.05. The van der Waals surface area contributed by atoms with E-state index in [1.165, 1.54) is 11.2 Å². The number of hydrogen-bond donors (Lipinski definition) is 0. The van der Waals surface area contributed by atoms with Crippen LogP contribution in [0.25, 0.3) is 0 Å². The number of pyridine rings is 1. The van der Waals surface area contributed by atoms with Gasteiger partial charge in [0.1, 0.15) is 0 Å². The minimum atomic E-state index is -0.198. The first kappa shape index (κ1) is 12.2. The largest absolute Gasteiger partial charge is 0.459 e. The summed E-state index contributed by atoms with van der Waals surface area (Å²) in [5, 5.41) is 0. The number of nitrogens with zero attached hydrogens (tertiary/aromatic N) is 3. The van der Waals surface area contributed by atoms with Gasteiger partial charge in [-0.2, -0.15) is 0 Å². The number of aromatic nitrogens is 1. The second kappa shape index (κ2) is 4.91. The Labute approximate surface area is 106 Å². The Balaban J connectivity index is 2.34. The Bertz CT molecular complexity index is 535. The molecule has 0 bridgehead atoms. The fraction of sp³-hybridized carbons (Fsp3) is 0.231. The summed E-state index contributed by atoms with van der Waals surface area (Å²) in [4.78, 5) is 19.8. The Morgan fingerprint density at radius 1 is 1.22 bits per heavy atom. The average molecular weight is 245 g/mol. The molecule has 94 valence electrons. The molecule has 5 nitrogen and oxygen atoms in total. The maximum absolute atomic E-state index is 12.2. The first-order valence-electron chi connectivity index (χ1n) is 5.55. The molecule has 0 aromatic carbocycles. The standard InChI is InChI=1S/C13H15N3O2/c1-15(2)12-10(6-4-8-14-12)16(3)13(17)11-7-5-9-18-11/h4-9H,1-3H3. The van der Waals surface area contributed by atoms with Crippen LogP contribution in [0.4, 0.5) is 11.5 Å². The normalized spacial score (nSPS) is 10.2. The van der Waals surface area contributed by atoms with Crippen LogP contribution < -0.4 is 9.80 Å². The highest BCUT2D eigenvalue weighted by Crippen LogP contribution is 2.25. The van der Waals surface area contributed by atoms with Crippen LogP contribution >= 0.6 is 0 Å². The molecule has 2 aromatic rings. The molecule has 0 unspecified atom stereocenters. The molecule has 2 heterocycles. The SMILES string of the molecule is CN(C)c1ncccc1N(C)C(=O)c1ccco1. The number of carbonyl (C=O) groups is 1. The van der Waals surface area contributed by atoms with Crippen molar-refractivity contribution in [1.29, 1.82) is 0 Å². The van der Waals surface area contributed by atoms with Gasteiger partial charge in [-0.15, -0.1) is 0 Å². The summed E-state index contributed by atoms with van der Waals surface area (Å²) in [5.41, 5.74) is 0.740. The van der Waals surface area contributed by atoms with E-state index >= 15 is 0 Å². The van der Waals surface area contributed by atoms with Gasteiger partial charge in [0.05, 0.1) is 12.0 Å². The summed E-state index contributed by atoms with van der Waals surface area (Å²) >= 11 is 0. The molecule has 2 aromatic heterocycles. The van der Waals surface area contributed by atoms with Gasteiger partial charge in [0, 0.05) is 27.3 Å². The summed E-state index contributed by atoms with van der Waals surface area (Å²) in [6, 6.07) is 6.99. The van der Waals surface area contributed by atoms with Crippen molar-refractivity contribution in [3.63, 3.8) is 0 Å². The third-order valence-electron chi connectivity index (χ3n) is 2.59. The van der Waals surface area contributed by atoms with Crippen LogP contribution in [0, 0.1) is 0 Å². The maximum atomic E-state index is 12.2. The average Bonchev–Trinajstić information content (AvgIpc) is 2.90. The molecule has 2 rings (SSSR count). The van der Waals surface area contributed by atoms with E-state index < -0.39 is 0 Å². The lowest BCUT2D eigenvalue weighted by Gasteiger charge is -2.22. The van der Waals surface area contributed by atoms with Gasteiger partial charge >= 0.3 is 0 Å². The van der Waals surface area contributed by atoms with Crippen LogP contribution in [0.15, 0.2) is 41.1 Å². The fourth-order valence-electron chi connectivity index (χ4n) is 1.67. The molecule has 0 aliphatic rings. The molecule has 0 spiro atoms. The molecule has 1 amide bonds. The van der Waals surface area contributed by atoms with Crippen LogP contribution in [0.5, 0.6) is 0 Å². The molecule has 0 saturated carbocycles. The summed E-state index contributed by atoms with van der Waals surface area (Å²) < 4.78 is 5.11. The zero-order chi connectivity index (χ0) is 13.1. The van der Waals surface area contributed by atoms with Crippen molar-refractivity contribution in [1.82, 2.24) is 4.98 Å². The van der Waals surface area contributed by atoms with Crippen molar-refractivity contribution in [2.75, 3.05) is 30.9 Å². The second-order valence-corrected chi connectivity index (χ2v) is 4.08.